The van der Waals surface area contributed by atoms with Crippen LogP contribution in [-0.2, 0) is 60.5 Å². The van der Waals surface area contributed by atoms with E-state index in [0.29, 0.717) is 23.3 Å². The third-order valence-corrected chi connectivity index (χ3v) is 13.2. The highest BCUT2D eigenvalue weighted by atomic mass is 19.4. The third kappa shape index (κ3) is 20.5. The van der Waals surface area contributed by atoms with E-state index >= 15 is 13.2 Å². The number of hydrogen-bond acceptors (Lipinski definition) is 18. The summed E-state index contributed by atoms with van der Waals surface area (Å²) in [5, 5.41) is 16.8. The lowest BCUT2D eigenvalue weighted by Gasteiger charge is -2.32. The summed E-state index contributed by atoms with van der Waals surface area (Å²) in [6.07, 6.45) is -22.7. The van der Waals surface area contributed by atoms with E-state index in [2.05, 4.69) is 48.8 Å². The second-order valence-electron chi connectivity index (χ2n) is 24.8. The number of carbonyl (C=O) groups is 3. The van der Waals surface area contributed by atoms with Gasteiger partial charge in [0.1, 0.15) is 40.1 Å². The predicted molar refractivity (Wildman–Crippen MR) is 325 cm³/mol. The molecule has 6 aromatic rings. The molecule has 32 heteroatoms. The average molecular weight is 1390 g/mol. The molecule has 2 aromatic carbocycles. The van der Waals surface area contributed by atoms with Crippen LogP contribution in [-0.4, -0.2) is 90.0 Å². The first kappa shape index (κ1) is 76.9. The van der Waals surface area contributed by atoms with Crippen LogP contribution in [0.1, 0.15) is 149 Å². The monoisotopic (exact) mass is 1380 g/mol. The summed E-state index contributed by atoms with van der Waals surface area (Å²) in [7, 11) is 0. The second kappa shape index (κ2) is 30.6. The molecule has 528 valence electrons. The number of carbonyl (C=O) groups excluding carboxylic acids is 3. The Balaban J connectivity index is 0.000000311. The number of pyridine rings is 2. The lowest BCUT2D eigenvalue weighted by Crippen LogP contribution is -2.45. The number of hydrogen-bond donors (Lipinski definition) is 1. The SMILES string of the molecule is C=CCCC(OCc1ccccc1)(c1nnc(-c2nc(O[C@@H](C)CC=C)c(C(F)(F)F)cc2N(C(=O)OC(C)(C)C)C(=O)OC(C)(C)C)o1)C(F)(F)F.C[C@H]1CC=CCCC(OCc2ccccc2)(C(F)(F)F)c2nnc(o2)-c2nc(c(C(F)(F)F)cc2NC(=O)OC(C)(C)C)O1. The van der Waals surface area contributed by atoms with E-state index < -0.39 is 178 Å². The minimum atomic E-state index is -5.21. The molecule has 3 amide bonds. The Morgan fingerprint density at radius 2 is 1.25 bits per heavy atom. The first-order valence-corrected chi connectivity index (χ1v) is 29.8. The Kier molecular flexibility index (Phi) is 24.2. The van der Waals surface area contributed by atoms with Crippen molar-refractivity contribution in [3.05, 3.63) is 144 Å². The smallest absolute Gasteiger partial charge is 0.426 e. The predicted octanol–water partition coefficient (Wildman–Crippen LogP) is 18.1. The summed E-state index contributed by atoms with van der Waals surface area (Å²) in [6, 6.07) is 16.9. The second-order valence-corrected chi connectivity index (χ2v) is 24.8. The zero-order valence-electron chi connectivity index (χ0n) is 54.5. The van der Waals surface area contributed by atoms with Crippen LogP contribution in [0.3, 0.4) is 0 Å². The Hall–Kier alpha value is -9.07. The van der Waals surface area contributed by atoms with Crippen molar-refractivity contribution >= 4 is 29.7 Å². The number of ether oxygens (including phenoxy) is 7. The van der Waals surface area contributed by atoms with Gasteiger partial charge < -0.3 is 42.0 Å². The van der Waals surface area contributed by atoms with Crippen molar-refractivity contribution in [3.8, 4) is 34.9 Å². The molecule has 0 spiro atoms. The Morgan fingerprint density at radius 3 is 1.77 bits per heavy atom. The standard InChI is InChI=1S/C36H42F6N4O7.C29H30F6N4O5/c1-10-12-19-34(36(40,41)42,49-21-23-17-14-13-15-18-23)29-45-44-28(51-29)26-25(20-24(35(37,38)39)27(43-26)50-22(3)16-11-2)46(30(47)52-32(4,5)6)31(48)53-33(7,8)9;1-17-11-7-6-10-14-27(29(33,34)35,41-16-18-12-8-5-9-13-18)24-39-38-23(43-24)21-20(36-25(40)44-26(2,3)4)15-19(28(30,31)32)22(37-21)42-17/h10-11,13-15,17-18,20,22H,1-2,12,16,19,21H2,3-9H3;5-9,12-13,15,17H,10-11,14,16H2,1-4H3,(H,36,40)/t22-,34?;17-,27?/m00/s1. The van der Waals surface area contributed by atoms with Gasteiger partial charge in [-0.25, -0.2) is 24.4 Å². The number of imide groups is 1. The molecule has 20 nitrogen and oxygen atoms in total. The van der Waals surface area contributed by atoms with Crippen LogP contribution in [0, 0.1) is 0 Å². The Morgan fingerprint density at radius 1 is 0.691 bits per heavy atom. The highest BCUT2D eigenvalue weighted by Crippen LogP contribution is 2.50. The topological polar surface area (TPSA) is 235 Å². The molecular weight excluding hydrogens is 1310 g/mol. The highest BCUT2D eigenvalue weighted by molar-refractivity contribution is 6.11. The number of halogens is 12. The van der Waals surface area contributed by atoms with Crippen LogP contribution in [0.4, 0.5) is 78.4 Å². The highest BCUT2D eigenvalue weighted by Gasteiger charge is 2.62. The van der Waals surface area contributed by atoms with Crippen molar-refractivity contribution in [1.82, 2.24) is 30.4 Å². The van der Waals surface area contributed by atoms with Crippen LogP contribution >= 0.6 is 0 Å². The first-order chi connectivity index (χ1) is 44.9. The van der Waals surface area contributed by atoms with Gasteiger partial charge in [0.2, 0.25) is 23.0 Å². The molecule has 4 bridgehead atoms. The number of anilines is 2. The maximum atomic E-state index is 15.1. The van der Waals surface area contributed by atoms with Crippen LogP contribution in [0.5, 0.6) is 11.8 Å². The summed E-state index contributed by atoms with van der Waals surface area (Å²) in [6.45, 7) is 22.0. The summed E-state index contributed by atoms with van der Waals surface area (Å²) in [5.41, 5.74) is -15.1. The largest absolute Gasteiger partial charge is 0.474 e. The number of rotatable bonds is 17. The van der Waals surface area contributed by atoms with Gasteiger partial charge in [-0.15, -0.1) is 33.6 Å². The molecule has 0 aliphatic carbocycles. The number of alkyl halides is 12. The number of allylic oxidation sites excluding steroid dienone is 2. The molecule has 5 heterocycles. The number of nitrogens with zero attached hydrogens (tertiary/aromatic N) is 7. The molecule has 4 atom stereocenters. The van der Waals surface area contributed by atoms with Gasteiger partial charge in [0, 0.05) is 12.8 Å². The minimum Gasteiger partial charge on any atom is -0.474 e. The Labute approximate surface area is 549 Å². The van der Waals surface area contributed by atoms with Gasteiger partial charge in [-0.1, -0.05) is 85.0 Å². The average Bonchev–Trinajstić information content (AvgIpc) is 1.72. The summed E-state index contributed by atoms with van der Waals surface area (Å²) < 4.78 is 225. The van der Waals surface area contributed by atoms with Gasteiger partial charge in [-0.05, 0) is 125 Å². The lowest BCUT2D eigenvalue weighted by molar-refractivity contribution is -0.299. The lowest BCUT2D eigenvalue weighted by atomic mass is 9.95. The maximum absolute atomic E-state index is 15.1. The number of benzene rings is 2. The molecule has 2 unspecified atom stereocenters. The van der Waals surface area contributed by atoms with Crippen molar-refractivity contribution in [2.45, 2.75) is 193 Å². The first-order valence-electron chi connectivity index (χ1n) is 29.8. The van der Waals surface area contributed by atoms with Crippen LogP contribution in [0.2, 0.25) is 0 Å². The van der Waals surface area contributed by atoms with Crippen molar-refractivity contribution in [3.63, 3.8) is 0 Å². The quantitative estimate of drug-likeness (QED) is 0.0508. The summed E-state index contributed by atoms with van der Waals surface area (Å²) >= 11 is 0. The van der Waals surface area contributed by atoms with Gasteiger partial charge in [0.05, 0.1) is 24.6 Å². The van der Waals surface area contributed by atoms with E-state index in [-0.39, 0.29) is 30.6 Å². The van der Waals surface area contributed by atoms with Gasteiger partial charge in [0.25, 0.3) is 23.6 Å². The maximum Gasteiger partial charge on any atom is 0.426 e. The molecule has 0 saturated carbocycles. The zero-order chi connectivity index (χ0) is 72.3. The molecule has 7 rings (SSSR count). The van der Waals surface area contributed by atoms with Crippen LogP contribution < -0.4 is 19.7 Å². The van der Waals surface area contributed by atoms with E-state index in [1.807, 2.05) is 0 Å². The molecule has 0 radical (unpaired) electrons. The van der Waals surface area contributed by atoms with Crippen LogP contribution in [0.15, 0.2) is 119 Å². The van der Waals surface area contributed by atoms with E-state index in [1.54, 1.807) is 48.5 Å². The molecule has 4 aromatic heterocycles. The molecule has 1 N–H and O–H groups in total. The number of amides is 3. The molecule has 0 saturated heterocycles. The van der Waals surface area contributed by atoms with Crippen LogP contribution in [0.25, 0.3) is 23.2 Å². The van der Waals surface area contributed by atoms with Gasteiger partial charge >= 0.3 is 43.0 Å². The molecular formula is C65H72F12N8O12. The van der Waals surface area contributed by atoms with E-state index in [1.165, 1.54) is 113 Å². The van der Waals surface area contributed by atoms with E-state index in [0.717, 1.165) is 0 Å². The Bertz CT molecular complexity index is 3680. The summed E-state index contributed by atoms with van der Waals surface area (Å²) in [5.74, 6) is -5.77. The van der Waals surface area contributed by atoms with Crippen molar-refractivity contribution in [1.29, 1.82) is 0 Å². The summed E-state index contributed by atoms with van der Waals surface area (Å²) in [4.78, 5) is 47.8. The van der Waals surface area contributed by atoms with E-state index in [4.69, 9.17) is 42.0 Å². The minimum absolute atomic E-state index is 0.0501. The van der Waals surface area contributed by atoms with Crippen molar-refractivity contribution < 1.29 is 109 Å². The van der Waals surface area contributed by atoms with Gasteiger partial charge in [-0.2, -0.15) is 57.6 Å². The zero-order valence-corrected chi connectivity index (χ0v) is 54.5. The van der Waals surface area contributed by atoms with Gasteiger partial charge in [-0.3, -0.25) is 5.32 Å². The van der Waals surface area contributed by atoms with E-state index in [9.17, 15) is 53.9 Å². The fourth-order valence-corrected chi connectivity index (χ4v) is 8.86. The number of nitrogens with one attached hydrogen (secondary N) is 1. The molecule has 0 fully saturated rings. The number of aromatic nitrogens is 6. The number of fused-ring (bicyclic) bond motifs is 5. The van der Waals surface area contributed by atoms with Gasteiger partial charge in [0.15, 0.2) is 11.4 Å². The van der Waals surface area contributed by atoms with Crippen molar-refractivity contribution in [2.24, 2.45) is 0 Å². The molecule has 1 aliphatic heterocycles. The fraction of sp³-hybridized carbons (Fsp3) is 0.462. The third-order valence-electron chi connectivity index (χ3n) is 13.2. The van der Waals surface area contributed by atoms with Crippen molar-refractivity contribution in [2.75, 3.05) is 10.2 Å². The fourth-order valence-electron chi connectivity index (χ4n) is 8.86. The molecule has 97 heavy (non-hydrogen) atoms. The molecule has 1 aliphatic rings. The normalized spacial score (nSPS) is 16.6.